The number of hydrogen-bond donors (Lipinski definition) is 0. The number of hydrogen-bond acceptors (Lipinski definition) is 6. The van der Waals surface area contributed by atoms with Crippen molar-refractivity contribution in [2.45, 2.75) is 44.1 Å². The molecule has 124 valence electrons. The second-order valence-electron chi connectivity index (χ2n) is 5.95. The molecule has 0 aromatic carbocycles. The molecule has 7 heteroatoms. The zero-order valence-electron chi connectivity index (χ0n) is 13.3. The molecule has 2 aromatic heterocycles. The molecule has 0 N–H and O–H groups in total. The van der Waals surface area contributed by atoms with E-state index < -0.39 is 0 Å². The van der Waals surface area contributed by atoms with Gasteiger partial charge in [0.1, 0.15) is 10.9 Å². The van der Waals surface area contributed by atoms with Gasteiger partial charge in [0.15, 0.2) is 11.9 Å². The second kappa shape index (κ2) is 6.84. The first-order chi connectivity index (χ1) is 11.1. The summed E-state index contributed by atoms with van der Waals surface area (Å²) in [5.74, 6) is 1.78. The number of rotatable bonds is 6. The third kappa shape index (κ3) is 3.48. The number of aromatic nitrogens is 3. The maximum atomic E-state index is 5.78. The summed E-state index contributed by atoms with van der Waals surface area (Å²) in [5.41, 5.74) is -0.127. The zero-order valence-corrected chi connectivity index (χ0v) is 14.0. The Morgan fingerprint density at radius 3 is 2.78 bits per heavy atom. The van der Waals surface area contributed by atoms with Gasteiger partial charge in [-0.1, -0.05) is 29.6 Å². The molecular formula is C16H20ClN3O3. The summed E-state index contributed by atoms with van der Waals surface area (Å²) in [6.45, 7) is 2.48. The number of pyridine rings is 1. The first-order valence-electron chi connectivity index (χ1n) is 7.74. The molecular weight excluding hydrogens is 318 g/mol. The topological polar surface area (TPSA) is 70.3 Å². The maximum Gasteiger partial charge on any atom is 0.267 e. The van der Waals surface area contributed by atoms with Gasteiger partial charge in [0.25, 0.3) is 5.89 Å². The van der Waals surface area contributed by atoms with E-state index in [1.165, 1.54) is 0 Å². The first-order valence-corrected chi connectivity index (χ1v) is 8.12. The molecule has 0 saturated heterocycles. The van der Waals surface area contributed by atoms with Crippen LogP contribution in [0.5, 0.6) is 5.75 Å². The average molecular weight is 338 g/mol. The molecule has 1 aliphatic carbocycles. The van der Waals surface area contributed by atoms with Crippen molar-refractivity contribution in [1.29, 1.82) is 0 Å². The molecule has 0 aliphatic heterocycles. The number of methoxy groups -OCH3 is 1. The van der Waals surface area contributed by atoms with Crippen LogP contribution in [-0.2, 0) is 10.2 Å². The fraction of sp³-hybridized carbons (Fsp3) is 0.562. The Labute approximate surface area is 140 Å². The van der Waals surface area contributed by atoms with Gasteiger partial charge in [0.05, 0.1) is 18.2 Å². The van der Waals surface area contributed by atoms with E-state index in [1.54, 1.807) is 25.4 Å². The van der Waals surface area contributed by atoms with Gasteiger partial charge in [-0.25, -0.2) is 4.98 Å². The van der Waals surface area contributed by atoms with Crippen molar-refractivity contribution in [1.82, 2.24) is 15.1 Å². The van der Waals surface area contributed by atoms with E-state index in [0.29, 0.717) is 23.4 Å². The van der Waals surface area contributed by atoms with Crippen LogP contribution in [0.4, 0.5) is 0 Å². The summed E-state index contributed by atoms with van der Waals surface area (Å²) in [7, 11) is 1.71. The van der Waals surface area contributed by atoms with Gasteiger partial charge >= 0.3 is 0 Å². The summed E-state index contributed by atoms with van der Waals surface area (Å²) in [4.78, 5) is 8.55. The van der Waals surface area contributed by atoms with Gasteiger partial charge in [-0.2, -0.15) is 4.98 Å². The number of halogens is 1. The fourth-order valence-electron chi connectivity index (χ4n) is 3.06. The van der Waals surface area contributed by atoms with E-state index in [1.807, 2.05) is 6.92 Å². The van der Waals surface area contributed by atoms with Crippen molar-refractivity contribution in [3.63, 3.8) is 0 Å². The van der Waals surface area contributed by atoms with Crippen molar-refractivity contribution in [3.05, 3.63) is 35.2 Å². The molecule has 1 saturated carbocycles. The van der Waals surface area contributed by atoms with Crippen molar-refractivity contribution < 1.29 is 14.0 Å². The lowest BCUT2D eigenvalue weighted by molar-refractivity contribution is 0.125. The Balaban J connectivity index is 1.74. The molecule has 3 rings (SSSR count). The van der Waals surface area contributed by atoms with E-state index in [0.717, 1.165) is 31.5 Å². The van der Waals surface area contributed by atoms with Gasteiger partial charge in [0.2, 0.25) is 0 Å². The second-order valence-corrected chi connectivity index (χ2v) is 6.34. The van der Waals surface area contributed by atoms with E-state index in [2.05, 4.69) is 15.1 Å². The Kier molecular flexibility index (Phi) is 4.82. The molecule has 0 spiro atoms. The third-order valence-electron chi connectivity index (χ3n) is 4.26. The average Bonchev–Trinajstić information content (AvgIpc) is 3.19. The van der Waals surface area contributed by atoms with Gasteiger partial charge in [-0.15, -0.1) is 0 Å². The Morgan fingerprint density at radius 1 is 1.35 bits per heavy atom. The van der Waals surface area contributed by atoms with Crippen molar-refractivity contribution >= 4 is 11.6 Å². The highest BCUT2D eigenvalue weighted by Gasteiger charge is 2.40. The predicted molar refractivity (Wildman–Crippen MR) is 84.6 cm³/mol. The maximum absolute atomic E-state index is 5.78. The van der Waals surface area contributed by atoms with Crippen LogP contribution in [0.3, 0.4) is 0 Å². The van der Waals surface area contributed by atoms with Crippen LogP contribution in [-0.4, -0.2) is 28.8 Å². The van der Waals surface area contributed by atoms with Gasteiger partial charge in [-0.05, 0) is 31.9 Å². The first kappa shape index (κ1) is 16.2. The highest BCUT2D eigenvalue weighted by molar-refractivity contribution is 6.29. The largest absolute Gasteiger partial charge is 0.479 e. The molecule has 0 bridgehead atoms. The van der Waals surface area contributed by atoms with Crippen molar-refractivity contribution in [2.75, 3.05) is 13.7 Å². The molecule has 6 nitrogen and oxygen atoms in total. The molecule has 1 aliphatic rings. The highest BCUT2D eigenvalue weighted by atomic mass is 35.5. The monoisotopic (exact) mass is 337 g/mol. The minimum atomic E-state index is -0.361. The number of ether oxygens (including phenoxy) is 2. The molecule has 1 fully saturated rings. The van der Waals surface area contributed by atoms with E-state index in [9.17, 15) is 0 Å². The minimum Gasteiger partial charge on any atom is -0.479 e. The van der Waals surface area contributed by atoms with Gasteiger partial charge in [0, 0.05) is 7.11 Å². The van der Waals surface area contributed by atoms with Gasteiger partial charge < -0.3 is 14.0 Å². The van der Waals surface area contributed by atoms with E-state index in [4.69, 9.17) is 25.6 Å². The van der Waals surface area contributed by atoms with Crippen LogP contribution in [0.15, 0.2) is 22.9 Å². The minimum absolute atomic E-state index is 0.127. The fourth-order valence-corrected chi connectivity index (χ4v) is 3.17. The van der Waals surface area contributed by atoms with Gasteiger partial charge in [-0.3, -0.25) is 0 Å². The van der Waals surface area contributed by atoms with Crippen LogP contribution in [0, 0.1) is 0 Å². The summed E-state index contributed by atoms with van der Waals surface area (Å²) in [5, 5.41) is 4.61. The Hall–Kier alpha value is -1.66. The summed E-state index contributed by atoms with van der Waals surface area (Å²) in [6.07, 6.45) is 5.58. The van der Waals surface area contributed by atoms with Crippen molar-refractivity contribution in [3.8, 4) is 5.75 Å². The Bertz CT molecular complexity index is 638. The molecule has 1 atom stereocenters. The van der Waals surface area contributed by atoms with E-state index in [-0.39, 0.29) is 11.5 Å². The molecule has 2 heterocycles. The molecule has 0 radical (unpaired) electrons. The lowest BCUT2D eigenvalue weighted by Crippen LogP contribution is -2.29. The lowest BCUT2D eigenvalue weighted by Gasteiger charge is -2.23. The van der Waals surface area contributed by atoms with Crippen LogP contribution in [0.25, 0.3) is 0 Å². The van der Waals surface area contributed by atoms with Crippen LogP contribution in [0.1, 0.15) is 50.4 Å². The molecule has 0 unspecified atom stereocenters. The summed E-state index contributed by atoms with van der Waals surface area (Å²) in [6, 6.07) is 3.43. The zero-order chi connectivity index (χ0) is 16.3. The SMILES string of the molecule is COCC1(c2noc([C@H](C)Oc3ccc(Cl)nc3)n2)CCCC1. The van der Waals surface area contributed by atoms with E-state index >= 15 is 0 Å². The molecule has 2 aromatic rings. The smallest absolute Gasteiger partial charge is 0.267 e. The highest BCUT2D eigenvalue weighted by Crippen LogP contribution is 2.40. The third-order valence-corrected chi connectivity index (χ3v) is 4.48. The summed E-state index contributed by atoms with van der Waals surface area (Å²) >= 11 is 5.77. The molecule has 0 amide bonds. The van der Waals surface area contributed by atoms with Crippen molar-refractivity contribution in [2.24, 2.45) is 0 Å². The lowest BCUT2D eigenvalue weighted by atomic mass is 9.86. The summed E-state index contributed by atoms with van der Waals surface area (Å²) < 4.78 is 16.6. The molecule has 23 heavy (non-hydrogen) atoms. The predicted octanol–water partition coefficient (Wildman–Crippen LogP) is 3.72. The quantitative estimate of drug-likeness (QED) is 0.748. The Morgan fingerprint density at radius 2 is 2.13 bits per heavy atom. The van der Waals surface area contributed by atoms with Crippen LogP contribution < -0.4 is 4.74 Å². The standard InChI is InChI=1S/C16H20ClN3O3/c1-11(22-12-5-6-13(17)18-9-12)14-19-15(20-23-14)16(10-21-2)7-3-4-8-16/h5-6,9,11H,3-4,7-8,10H2,1-2H3/t11-/m0/s1. The number of nitrogens with zero attached hydrogens (tertiary/aromatic N) is 3. The van der Waals surface area contributed by atoms with Crippen LogP contribution >= 0.6 is 11.6 Å². The normalized spacial score (nSPS) is 18.0. The van der Waals surface area contributed by atoms with Crippen LogP contribution in [0.2, 0.25) is 5.15 Å².